The minimum absolute atomic E-state index is 0.000770. The van der Waals surface area contributed by atoms with Crippen molar-refractivity contribution in [3.63, 3.8) is 0 Å². The third kappa shape index (κ3) is 2.97. The van der Waals surface area contributed by atoms with Gasteiger partial charge in [-0.1, -0.05) is 12.8 Å². The second kappa shape index (κ2) is 5.71. The third-order valence-electron chi connectivity index (χ3n) is 4.01. The number of rotatable bonds is 6. The van der Waals surface area contributed by atoms with Crippen molar-refractivity contribution >= 4 is 15.8 Å². The fourth-order valence-corrected chi connectivity index (χ4v) is 3.86. The summed E-state index contributed by atoms with van der Waals surface area (Å²) in [4.78, 5) is 0.00503. The summed E-state index contributed by atoms with van der Waals surface area (Å²) in [5, 5.41) is 13.4. The van der Waals surface area contributed by atoms with Crippen molar-refractivity contribution in [1.29, 1.82) is 0 Å². The maximum atomic E-state index is 12.3. The van der Waals surface area contributed by atoms with Gasteiger partial charge in [-0.2, -0.15) is 5.10 Å². The van der Waals surface area contributed by atoms with Crippen LogP contribution in [0.4, 0.5) is 5.82 Å². The van der Waals surface area contributed by atoms with Crippen LogP contribution in [0.25, 0.3) is 0 Å². The van der Waals surface area contributed by atoms with Crippen LogP contribution in [0.5, 0.6) is 0 Å². The second-order valence-electron chi connectivity index (χ2n) is 5.42. The molecule has 7 nitrogen and oxygen atoms in total. The van der Waals surface area contributed by atoms with Crippen molar-refractivity contribution in [2.24, 2.45) is 5.41 Å². The molecule has 0 saturated heterocycles. The molecule has 1 saturated carbocycles. The summed E-state index contributed by atoms with van der Waals surface area (Å²) < 4.78 is 28.6. The van der Waals surface area contributed by atoms with Gasteiger partial charge in [-0.15, -0.1) is 0 Å². The molecule has 0 amide bonds. The molecule has 114 valence electrons. The van der Waals surface area contributed by atoms with E-state index in [4.69, 9.17) is 5.73 Å². The van der Waals surface area contributed by atoms with E-state index < -0.39 is 10.0 Å². The van der Waals surface area contributed by atoms with Crippen molar-refractivity contribution in [3.8, 4) is 0 Å². The highest BCUT2D eigenvalue weighted by atomic mass is 32.2. The van der Waals surface area contributed by atoms with E-state index in [9.17, 15) is 13.5 Å². The summed E-state index contributed by atoms with van der Waals surface area (Å²) in [6.07, 6.45) is 5.17. The zero-order valence-electron chi connectivity index (χ0n) is 11.7. The lowest BCUT2D eigenvalue weighted by Gasteiger charge is -2.26. The molecule has 0 unspecified atom stereocenters. The van der Waals surface area contributed by atoms with E-state index >= 15 is 0 Å². The van der Waals surface area contributed by atoms with Crippen molar-refractivity contribution in [3.05, 3.63) is 6.20 Å². The molecule has 1 aliphatic carbocycles. The molecule has 2 rings (SSSR count). The number of nitrogen functional groups attached to an aromatic ring is 1. The predicted octanol–water partition coefficient (Wildman–Crippen LogP) is 0.316. The van der Waals surface area contributed by atoms with Crippen molar-refractivity contribution < 1.29 is 13.5 Å². The van der Waals surface area contributed by atoms with Crippen LogP contribution in [0.15, 0.2) is 11.1 Å². The van der Waals surface area contributed by atoms with Gasteiger partial charge in [0.15, 0.2) is 5.82 Å². The number of hydrogen-bond acceptors (Lipinski definition) is 5. The number of sulfonamides is 1. The number of aromatic nitrogens is 2. The fourth-order valence-electron chi connectivity index (χ4n) is 2.63. The standard InChI is InChI=1S/C12H22N4O3S/c1-2-16-7-10(11(13)15-16)20(18,19)14-8-12(9-17)5-3-4-6-12/h7,14,17H,2-6,8-9H2,1H3,(H2,13,15). The van der Waals surface area contributed by atoms with E-state index in [1.807, 2.05) is 6.92 Å². The first-order valence-electron chi connectivity index (χ1n) is 6.86. The van der Waals surface area contributed by atoms with Gasteiger partial charge in [0.2, 0.25) is 10.0 Å². The fraction of sp³-hybridized carbons (Fsp3) is 0.750. The van der Waals surface area contributed by atoms with Gasteiger partial charge < -0.3 is 10.8 Å². The van der Waals surface area contributed by atoms with E-state index in [-0.39, 0.29) is 29.3 Å². The van der Waals surface area contributed by atoms with Crippen LogP contribution in [0.3, 0.4) is 0 Å². The topological polar surface area (TPSA) is 110 Å². The van der Waals surface area contributed by atoms with Gasteiger partial charge in [0.1, 0.15) is 4.90 Å². The van der Waals surface area contributed by atoms with Crippen LogP contribution >= 0.6 is 0 Å². The molecule has 0 aliphatic heterocycles. The Bertz CT molecular complexity index is 561. The summed E-state index contributed by atoms with van der Waals surface area (Å²) in [6.45, 7) is 2.65. The smallest absolute Gasteiger partial charge is 0.245 e. The number of aryl methyl sites for hydroxylation is 1. The molecule has 0 atom stereocenters. The molecule has 1 aromatic heterocycles. The van der Waals surface area contributed by atoms with E-state index in [2.05, 4.69) is 9.82 Å². The van der Waals surface area contributed by atoms with E-state index in [1.54, 1.807) is 0 Å². The Morgan fingerprint density at radius 1 is 1.50 bits per heavy atom. The lowest BCUT2D eigenvalue weighted by molar-refractivity contribution is 0.134. The number of aliphatic hydroxyl groups is 1. The number of aliphatic hydroxyl groups excluding tert-OH is 1. The molecule has 4 N–H and O–H groups in total. The van der Waals surface area contributed by atoms with Gasteiger partial charge in [0.25, 0.3) is 0 Å². The zero-order valence-corrected chi connectivity index (χ0v) is 12.5. The van der Waals surface area contributed by atoms with Crippen molar-refractivity contribution in [2.75, 3.05) is 18.9 Å². The highest BCUT2D eigenvalue weighted by molar-refractivity contribution is 7.89. The van der Waals surface area contributed by atoms with Crippen LogP contribution in [0, 0.1) is 5.41 Å². The Hall–Kier alpha value is -1.12. The maximum Gasteiger partial charge on any atom is 0.245 e. The molecule has 0 radical (unpaired) electrons. The molecular weight excluding hydrogens is 280 g/mol. The lowest BCUT2D eigenvalue weighted by Crippen LogP contribution is -2.38. The zero-order chi connectivity index (χ0) is 14.8. The highest BCUT2D eigenvalue weighted by Crippen LogP contribution is 2.37. The van der Waals surface area contributed by atoms with E-state index in [0.717, 1.165) is 25.7 Å². The van der Waals surface area contributed by atoms with Crippen LogP contribution in [-0.4, -0.2) is 36.5 Å². The Kier molecular flexibility index (Phi) is 4.36. The first kappa shape index (κ1) is 15.3. The Morgan fingerprint density at radius 2 is 2.15 bits per heavy atom. The molecule has 8 heteroatoms. The number of nitrogens with two attached hydrogens (primary N) is 1. The number of nitrogens with one attached hydrogen (secondary N) is 1. The van der Waals surface area contributed by atoms with Gasteiger partial charge in [0.05, 0.1) is 0 Å². The van der Waals surface area contributed by atoms with E-state index in [0.29, 0.717) is 6.54 Å². The minimum atomic E-state index is -3.69. The van der Waals surface area contributed by atoms with Gasteiger partial charge >= 0.3 is 0 Å². The van der Waals surface area contributed by atoms with Crippen LogP contribution < -0.4 is 10.5 Å². The summed E-state index contributed by atoms with van der Waals surface area (Å²) >= 11 is 0. The number of nitrogens with zero attached hydrogens (tertiary/aromatic N) is 2. The molecule has 1 fully saturated rings. The first-order chi connectivity index (χ1) is 9.42. The third-order valence-corrected chi connectivity index (χ3v) is 5.42. The van der Waals surface area contributed by atoms with Gasteiger partial charge in [-0.05, 0) is 19.8 Å². The monoisotopic (exact) mass is 302 g/mol. The quantitative estimate of drug-likeness (QED) is 0.701. The largest absolute Gasteiger partial charge is 0.396 e. The summed E-state index contributed by atoms with van der Waals surface area (Å²) in [5.74, 6) is 0.00354. The molecule has 0 aromatic carbocycles. The Labute approximate surface area is 119 Å². The first-order valence-corrected chi connectivity index (χ1v) is 8.34. The molecule has 1 aromatic rings. The van der Waals surface area contributed by atoms with Gasteiger partial charge in [-0.3, -0.25) is 4.68 Å². The minimum Gasteiger partial charge on any atom is -0.396 e. The molecular formula is C12H22N4O3S. The van der Waals surface area contributed by atoms with Crippen LogP contribution in [-0.2, 0) is 16.6 Å². The normalized spacial score (nSPS) is 18.5. The summed E-state index contributed by atoms with van der Waals surface area (Å²) in [6, 6.07) is 0. The Morgan fingerprint density at radius 3 is 2.65 bits per heavy atom. The van der Waals surface area contributed by atoms with E-state index in [1.165, 1.54) is 10.9 Å². The van der Waals surface area contributed by atoms with Crippen LogP contribution in [0.1, 0.15) is 32.6 Å². The average molecular weight is 302 g/mol. The molecule has 1 heterocycles. The lowest BCUT2D eigenvalue weighted by atomic mass is 9.88. The SMILES string of the molecule is CCn1cc(S(=O)(=O)NCC2(CO)CCCC2)c(N)n1. The summed E-state index contributed by atoms with van der Waals surface area (Å²) in [7, 11) is -3.69. The van der Waals surface area contributed by atoms with Crippen molar-refractivity contribution in [2.45, 2.75) is 44.0 Å². The predicted molar refractivity (Wildman–Crippen MR) is 75.5 cm³/mol. The van der Waals surface area contributed by atoms with Gasteiger partial charge in [-0.25, -0.2) is 13.1 Å². The van der Waals surface area contributed by atoms with Crippen molar-refractivity contribution in [1.82, 2.24) is 14.5 Å². The van der Waals surface area contributed by atoms with Gasteiger partial charge in [0, 0.05) is 31.3 Å². The van der Waals surface area contributed by atoms with Crippen LogP contribution in [0.2, 0.25) is 0 Å². The average Bonchev–Trinajstić information content (AvgIpc) is 3.04. The maximum absolute atomic E-state index is 12.3. The number of hydrogen-bond donors (Lipinski definition) is 3. The molecule has 0 bridgehead atoms. The Balaban J connectivity index is 2.12. The second-order valence-corrected chi connectivity index (χ2v) is 7.16. The number of anilines is 1. The molecule has 1 aliphatic rings. The molecule has 0 spiro atoms. The highest BCUT2D eigenvalue weighted by Gasteiger charge is 2.35. The molecule has 20 heavy (non-hydrogen) atoms. The summed E-state index contributed by atoms with van der Waals surface area (Å²) in [5.41, 5.74) is 5.32.